The van der Waals surface area contributed by atoms with Gasteiger partial charge in [0.25, 0.3) is 0 Å². The maximum atomic E-state index is 8.99. The second-order valence-corrected chi connectivity index (χ2v) is 6.90. The van der Waals surface area contributed by atoms with Crippen LogP contribution in [0.5, 0.6) is 0 Å². The first-order valence-corrected chi connectivity index (χ1v) is 6.63. The number of hydrogen-bond acceptors (Lipinski definition) is 3. The van der Waals surface area contributed by atoms with Gasteiger partial charge in [0.15, 0.2) is 0 Å². The van der Waals surface area contributed by atoms with Gasteiger partial charge in [0, 0.05) is 23.6 Å². The summed E-state index contributed by atoms with van der Waals surface area (Å²) in [5.74, 6) is 0. The Morgan fingerprint density at radius 1 is 1.47 bits per heavy atom. The van der Waals surface area contributed by atoms with Gasteiger partial charge < -0.3 is 5.11 Å². The van der Waals surface area contributed by atoms with E-state index in [-0.39, 0.29) is 12.1 Å². The van der Waals surface area contributed by atoms with E-state index in [0.29, 0.717) is 0 Å². The van der Waals surface area contributed by atoms with Crippen molar-refractivity contribution in [2.45, 2.75) is 32.4 Å². The SMILES string of the molecule is CN(Cc1ccc(Br)s1)C(C)(C)CCO. The van der Waals surface area contributed by atoms with E-state index >= 15 is 0 Å². The fourth-order valence-electron chi connectivity index (χ4n) is 1.35. The molecule has 0 aliphatic heterocycles. The number of hydrogen-bond donors (Lipinski definition) is 1. The van der Waals surface area contributed by atoms with Crippen LogP contribution in [-0.4, -0.2) is 29.2 Å². The van der Waals surface area contributed by atoms with Crippen LogP contribution in [0.1, 0.15) is 25.1 Å². The minimum atomic E-state index is 0.0468. The molecular weight excluding hydrogens is 274 g/mol. The van der Waals surface area contributed by atoms with Gasteiger partial charge >= 0.3 is 0 Å². The zero-order chi connectivity index (χ0) is 11.5. The van der Waals surface area contributed by atoms with Gasteiger partial charge in [-0.15, -0.1) is 11.3 Å². The quantitative estimate of drug-likeness (QED) is 0.901. The lowest BCUT2D eigenvalue weighted by Gasteiger charge is -2.35. The molecule has 0 unspecified atom stereocenters. The molecular formula is C11H18BrNOS. The highest BCUT2D eigenvalue weighted by Gasteiger charge is 2.22. The molecule has 1 rings (SSSR count). The normalized spacial score (nSPS) is 12.4. The standard InChI is InChI=1S/C11H18BrNOS/c1-11(2,6-7-14)13(3)8-9-4-5-10(12)15-9/h4-5,14H,6-8H2,1-3H3. The van der Waals surface area contributed by atoms with Crippen LogP contribution in [0.25, 0.3) is 0 Å². The minimum Gasteiger partial charge on any atom is -0.396 e. The summed E-state index contributed by atoms with van der Waals surface area (Å²) in [7, 11) is 2.10. The van der Waals surface area contributed by atoms with Gasteiger partial charge in [-0.25, -0.2) is 0 Å². The summed E-state index contributed by atoms with van der Waals surface area (Å²) >= 11 is 5.23. The molecule has 0 aromatic carbocycles. The summed E-state index contributed by atoms with van der Waals surface area (Å²) in [5.41, 5.74) is 0.0468. The van der Waals surface area contributed by atoms with E-state index < -0.39 is 0 Å². The van der Waals surface area contributed by atoms with Gasteiger partial charge in [-0.05, 0) is 55.4 Å². The first-order chi connectivity index (χ1) is 6.95. The van der Waals surface area contributed by atoms with Crippen molar-refractivity contribution in [3.63, 3.8) is 0 Å². The molecule has 1 N–H and O–H groups in total. The number of nitrogens with zero attached hydrogens (tertiary/aromatic N) is 1. The number of aliphatic hydroxyl groups excluding tert-OH is 1. The van der Waals surface area contributed by atoms with Crippen LogP contribution in [0.2, 0.25) is 0 Å². The van der Waals surface area contributed by atoms with Crippen LogP contribution in [0.4, 0.5) is 0 Å². The number of halogens is 1. The van der Waals surface area contributed by atoms with Crippen molar-refractivity contribution in [2.24, 2.45) is 0 Å². The van der Waals surface area contributed by atoms with Crippen LogP contribution in [0.15, 0.2) is 15.9 Å². The van der Waals surface area contributed by atoms with Gasteiger partial charge in [0.1, 0.15) is 0 Å². The lowest BCUT2D eigenvalue weighted by molar-refractivity contribution is 0.111. The van der Waals surface area contributed by atoms with Gasteiger partial charge in [0.2, 0.25) is 0 Å². The van der Waals surface area contributed by atoms with Crippen LogP contribution in [0, 0.1) is 0 Å². The topological polar surface area (TPSA) is 23.5 Å². The van der Waals surface area contributed by atoms with Gasteiger partial charge in [-0.2, -0.15) is 0 Å². The Morgan fingerprint density at radius 3 is 2.60 bits per heavy atom. The Morgan fingerprint density at radius 2 is 2.13 bits per heavy atom. The van der Waals surface area contributed by atoms with Crippen LogP contribution in [0.3, 0.4) is 0 Å². The molecule has 0 aliphatic carbocycles. The summed E-state index contributed by atoms with van der Waals surface area (Å²) in [6, 6.07) is 4.22. The molecule has 1 heterocycles. The third-order valence-electron chi connectivity index (χ3n) is 2.78. The van der Waals surface area contributed by atoms with Crippen molar-refractivity contribution >= 4 is 27.3 Å². The molecule has 86 valence electrons. The molecule has 2 nitrogen and oxygen atoms in total. The van der Waals surface area contributed by atoms with Gasteiger partial charge in [-0.3, -0.25) is 4.90 Å². The fourth-order valence-corrected chi connectivity index (χ4v) is 2.89. The molecule has 0 saturated carbocycles. The smallest absolute Gasteiger partial charge is 0.0701 e. The summed E-state index contributed by atoms with van der Waals surface area (Å²) in [4.78, 5) is 3.62. The van der Waals surface area contributed by atoms with E-state index in [4.69, 9.17) is 5.11 Å². The van der Waals surface area contributed by atoms with Crippen LogP contribution in [-0.2, 0) is 6.54 Å². The molecule has 0 amide bonds. The average molecular weight is 292 g/mol. The molecule has 0 aliphatic rings. The molecule has 1 aromatic heterocycles. The summed E-state index contributed by atoms with van der Waals surface area (Å²) < 4.78 is 1.17. The molecule has 0 spiro atoms. The minimum absolute atomic E-state index is 0.0468. The lowest BCUT2D eigenvalue weighted by atomic mass is 9.99. The molecule has 15 heavy (non-hydrogen) atoms. The Balaban J connectivity index is 2.58. The first kappa shape index (κ1) is 13.2. The number of thiophene rings is 1. The Bertz CT molecular complexity index is 311. The summed E-state index contributed by atoms with van der Waals surface area (Å²) in [6.45, 7) is 5.49. The second-order valence-electron chi connectivity index (χ2n) is 4.35. The predicted molar refractivity (Wildman–Crippen MR) is 69.3 cm³/mol. The first-order valence-electron chi connectivity index (χ1n) is 5.02. The molecule has 0 radical (unpaired) electrons. The zero-order valence-corrected chi connectivity index (χ0v) is 11.9. The van der Waals surface area contributed by atoms with Crippen molar-refractivity contribution in [3.8, 4) is 0 Å². The van der Waals surface area contributed by atoms with Crippen molar-refractivity contribution in [1.82, 2.24) is 4.90 Å². The highest BCUT2D eigenvalue weighted by molar-refractivity contribution is 9.11. The van der Waals surface area contributed by atoms with Crippen LogP contribution >= 0.6 is 27.3 Å². The van der Waals surface area contributed by atoms with E-state index in [2.05, 4.69) is 53.9 Å². The summed E-state index contributed by atoms with van der Waals surface area (Å²) in [5, 5.41) is 8.99. The van der Waals surface area contributed by atoms with Crippen molar-refractivity contribution in [1.29, 1.82) is 0 Å². The van der Waals surface area contributed by atoms with Crippen molar-refractivity contribution in [2.75, 3.05) is 13.7 Å². The molecule has 0 fully saturated rings. The second kappa shape index (κ2) is 5.43. The van der Waals surface area contributed by atoms with E-state index in [1.54, 1.807) is 11.3 Å². The molecule has 0 bridgehead atoms. The molecule has 4 heteroatoms. The van der Waals surface area contributed by atoms with Crippen molar-refractivity contribution in [3.05, 3.63) is 20.8 Å². The maximum Gasteiger partial charge on any atom is 0.0701 e. The van der Waals surface area contributed by atoms with Crippen molar-refractivity contribution < 1.29 is 5.11 Å². The lowest BCUT2D eigenvalue weighted by Crippen LogP contribution is -2.41. The highest BCUT2D eigenvalue weighted by atomic mass is 79.9. The molecule has 0 saturated heterocycles. The predicted octanol–water partition coefficient (Wildman–Crippen LogP) is 3.10. The van der Waals surface area contributed by atoms with Gasteiger partial charge in [-0.1, -0.05) is 0 Å². The van der Waals surface area contributed by atoms with E-state index in [9.17, 15) is 0 Å². The maximum absolute atomic E-state index is 8.99. The zero-order valence-electron chi connectivity index (χ0n) is 9.46. The van der Waals surface area contributed by atoms with Crippen LogP contribution < -0.4 is 0 Å². The molecule has 1 aromatic rings. The fraction of sp³-hybridized carbons (Fsp3) is 0.636. The van der Waals surface area contributed by atoms with E-state index in [1.807, 2.05) is 0 Å². The summed E-state index contributed by atoms with van der Waals surface area (Å²) in [6.07, 6.45) is 0.802. The Labute approximate surface area is 104 Å². The average Bonchev–Trinajstić information content (AvgIpc) is 2.51. The molecule has 0 atom stereocenters. The van der Waals surface area contributed by atoms with E-state index in [1.165, 1.54) is 8.66 Å². The van der Waals surface area contributed by atoms with Gasteiger partial charge in [0.05, 0.1) is 3.79 Å². The highest BCUT2D eigenvalue weighted by Crippen LogP contribution is 2.26. The number of rotatable bonds is 5. The number of aliphatic hydroxyl groups is 1. The largest absolute Gasteiger partial charge is 0.396 e. The monoisotopic (exact) mass is 291 g/mol. The van der Waals surface area contributed by atoms with E-state index in [0.717, 1.165) is 13.0 Å². The third kappa shape index (κ3) is 3.87. The third-order valence-corrected chi connectivity index (χ3v) is 4.39. The Kier molecular flexibility index (Phi) is 4.77. The Hall–Kier alpha value is 0.1000.